The largest absolute Gasteiger partial charge is 0.349 e. The van der Waals surface area contributed by atoms with Crippen LogP contribution in [0.15, 0.2) is 64.8 Å². The number of hydrogen-bond acceptors (Lipinski definition) is 5. The Bertz CT molecular complexity index is 1410. The summed E-state index contributed by atoms with van der Waals surface area (Å²) in [6.45, 7) is 5.09. The number of aromatic nitrogens is 2. The Kier molecular flexibility index (Phi) is 6.38. The molecule has 0 spiro atoms. The van der Waals surface area contributed by atoms with Crippen molar-refractivity contribution in [1.29, 1.82) is 0 Å². The molecule has 3 heterocycles. The number of thiophene rings is 1. The molecule has 0 radical (unpaired) electrons. The number of amides is 1. The number of carbonyl (C=O) groups excluding carboxylic acids is 1. The number of carbonyl (C=O) groups is 1. The number of halogens is 1. The molecule has 2 atom stereocenters. The smallest absolute Gasteiger partial charge is 0.277 e. The maximum absolute atomic E-state index is 13.5. The number of fused-ring (bicyclic) bond motifs is 1. The van der Waals surface area contributed by atoms with Crippen LogP contribution in [0.1, 0.15) is 36.9 Å². The van der Waals surface area contributed by atoms with E-state index in [0.29, 0.717) is 29.3 Å². The molecular formula is C27H27FN4O2S. The van der Waals surface area contributed by atoms with Gasteiger partial charge in [0, 0.05) is 13.1 Å². The minimum atomic E-state index is -0.301. The predicted octanol–water partition coefficient (Wildman–Crippen LogP) is 4.99. The summed E-state index contributed by atoms with van der Waals surface area (Å²) in [4.78, 5) is 33.5. The standard InChI is InChI=1S/C27H27FN4O2S/c1-17-5-11-22(12-6-17)32-26(34)24-23(13-15-35-24)30-27(32)31-14-3-4-20(16-31)25(33)29-18(2)19-7-9-21(28)10-8-19/h5-13,15,18,20H,3-4,14,16H2,1-2H3,(H,29,33)/t18-,20-/m0/s1. The fraction of sp³-hybridized carbons (Fsp3) is 0.296. The van der Waals surface area contributed by atoms with Gasteiger partial charge in [0.05, 0.1) is 23.2 Å². The summed E-state index contributed by atoms with van der Waals surface area (Å²) in [6.07, 6.45) is 1.57. The zero-order chi connectivity index (χ0) is 24.5. The Hall–Kier alpha value is -3.52. The Morgan fingerprint density at radius 2 is 1.89 bits per heavy atom. The first kappa shape index (κ1) is 23.2. The average Bonchev–Trinajstić information content (AvgIpc) is 3.34. The van der Waals surface area contributed by atoms with Crippen LogP contribution in [0.4, 0.5) is 10.3 Å². The van der Waals surface area contributed by atoms with Crippen molar-refractivity contribution in [3.8, 4) is 5.69 Å². The van der Waals surface area contributed by atoms with E-state index in [2.05, 4.69) is 10.2 Å². The van der Waals surface area contributed by atoms with Crippen LogP contribution in [0.5, 0.6) is 0 Å². The van der Waals surface area contributed by atoms with Gasteiger partial charge < -0.3 is 10.2 Å². The molecule has 1 aliphatic heterocycles. The molecule has 2 aromatic carbocycles. The topological polar surface area (TPSA) is 67.2 Å². The zero-order valence-corrected chi connectivity index (χ0v) is 20.5. The Morgan fingerprint density at radius 1 is 1.14 bits per heavy atom. The van der Waals surface area contributed by atoms with E-state index in [0.717, 1.165) is 29.7 Å². The van der Waals surface area contributed by atoms with Gasteiger partial charge in [-0.15, -0.1) is 11.3 Å². The summed E-state index contributed by atoms with van der Waals surface area (Å²) in [7, 11) is 0. The van der Waals surface area contributed by atoms with E-state index in [1.807, 2.05) is 49.6 Å². The number of nitrogens with zero attached hydrogens (tertiary/aromatic N) is 3. The Balaban J connectivity index is 1.43. The first-order valence-corrected chi connectivity index (χ1v) is 12.7. The molecule has 1 amide bonds. The molecule has 1 N–H and O–H groups in total. The van der Waals surface area contributed by atoms with Crippen molar-refractivity contribution in [2.24, 2.45) is 5.92 Å². The molecule has 0 saturated carbocycles. The third kappa shape index (κ3) is 4.71. The average molecular weight is 491 g/mol. The number of anilines is 1. The molecule has 0 unspecified atom stereocenters. The first-order valence-electron chi connectivity index (χ1n) is 11.8. The van der Waals surface area contributed by atoms with Crippen molar-refractivity contribution >= 4 is 33.4 Å². The fourth-order valence-electron chi connectivity index (χ4n) is 4.58. The summed E-state index contributed by atoms with van der Waals surface area (Å²) in [5, 5.41) is 4.95. The molecule has 5 rings (SSSR count). The number of aryl methyl sites for hydroxylation is 1. The van der Waals surface area contributed by atoms with Crippen molar-refractivity contribution in [3.63, 3.8) is 0 Å². The summed E-state index contributed by atoms with van der Waals surface area (Å²) in [6, 6.07) is 15.6. The second-order valence-corrected chi connectivity index (χ2v) is 10.0. The number of benzene rings is 2. The van der Waals surface area contributed by atoms with E-state index in [4.69, 9.17) is 4.98 Å². The third-order valence-electron chi connectivity index (χ3n) is 6.56. The quantitative estimate of drug-likeness (QED) is 0.428. The van der Waals surface area contributed by atoms with Gasteiger partial charge in [-0.05, 0) is 68.0 Å². The lowest BCUT2D eigenvalue weighted by Crippen LogP contribution is -2.45. The van der Waals surface area contributed by atoms with Crippen molar-refractivity contribution in [1.82, 2.24) is 14.9 Å². The molecule has 2 aromatic heterocycles. The van der Waals surface area contributed by atoms with Crippen LogP contribution in [0, 0.1) is 18.7 Å². The molecule has 4 aromatic rings. The molecule has 180 valence electrons. The van der Waals surface area contributed by atoms with E-state index in [9.17, 15) is 14.0 Å². The van der Waals surface area contributed by atoms with Crippen LogP contribution in [0.2, 0.25) is 0 Å². The van der Waals surface area contributed by atoms with Crippen molar-refractivity contribution in [3.05, 3.63) is 87.3 Å². The Labute approximate surface area is 207 Å². The molecule has 8 heteroatoms. The van der Waals surface area contributed by atoms with Gasteiger partial charge >= 0.3 is 0 Å². The van der Waals surface area contributed by atoms with Gasteiger partial charge in [0.15, 0.2) is 0 Å². The van der Waals surface area contributed by atoms with Crippen LogP contribution in [0.25, 0.3) is 15.9 Å². The summed E-state index contributed by atoms with van der Waals surface area (Å²) in [5.41, 5.74) is 3.30. The first-order chi connectivity index (χ1) is 16.9. The lowest BCUT2D eigenvalue weighted by Gasteiger charge is -2.34. The van der Waals surface area contributed by atoms with Gasteiger partial charge in [-0.1, -0.05) is 29.8 Å². The lowest BCUT2D eigenvalue weighted by molar-refractivity contribution is -0.125. The van der Waals surface area contributed by atoms with E-state index >= 15 is 0 Å². The van der Waals surface area contributed by atoms with Gasteiger partial charge in [-0.25, -0.2) is 13.9 Å². The number of rotatable bonds is 5. The summed E-state index contributed by atoms with van der Waals surface area (Å²) < 4.78 is 15.6. The normalized spacial score (nSPS) is 16.9. The van der Waals surface area contributed by atoms with Gasteiger partial charge in [0.25, 0.3) is 5.56 Å². The number of hydrogen-bond donors (Lipinski definition) is 1. The van der Waals surface area contributed by atoms with Crippen molar-refractivity contribution in [2.45, 2.75) is 32.7 Å². The second kappa shape index (κ2) is 9.62. The molecular weight excluding hydrogens is 463 g/mol. The zero-order valence-electron chi connectivity index (χ0n) is 19.7. The number of nitrogens with one attached hydrogen (secondary N) is 1. The summed E-state index contributed by atoms with van der Waals surface area (Å²) in [5.74, 6) is -0.0284. The van der Waals surface area contributed by atoms with Crippen LogP contribution in [-0.2, 0) is 4.79 Å². The monoisotopic (exact) mass is 490 g/mol. The number of piperidine rings is 1. The predicted molar refractivity (Wildman–Crippen MR) is 138 cm³/mol. The fourth-order valence-corrected chi connectivity index (χ4v) is 5.34. The van der Waals surface area contributed by atoms with Gasteiger partial charge in [-0.2, -0.15) is 0 Å². The van der Waals surface area contributed by atoms with Crippen molar-refractivity contribution in [2.75, 3.05) is 18.0 Å². The molecule has 0 bridgehead atoms. The van der Waals surface area contributed by atoms with Crippen LogP contribution < -0.4 is 15.8 Å². The maximum atomic E-state index is 13.5. The van der Waals surface area contributed by atoms with Gasteiger partial charge in [0.1, 0.15) is 10.5 Å². The van der Waals surface area contributed by atoms with Crippen molar-refractivity contribution < 1.29 is 9.18 Å². The highest BCUT2D eigenvalue weighted by molar-refractivity contribution is 7.17. The van der Waals surface area contributed by atoms with Crippen LogP contribution in [-0.4, -0.2) is 28.5 Å². The van der Waals surface area contributed by atoms with E-state index in [1.165, 1.54) is 23.5 Å². The van der Waals surface area contributed by atoms with Gasteiger partial charge in [0.2, 0.25) is 11.9 Å². The SMILES string of the molecule is Cc1ccc(-n2c(N3CCC[C@H](C(=O)N[C@@H](C)c4ccc(F)cc4)C3)nc3ccsc3c2=O)cc1. The summed E-state index contributed by atoms with van der Waals surface area (Å²) >= 11 is 1.39. The maximum Gasteiger partial charge on any atom is 0.277 e. The van der Waals surface area contributed by atoms with E-state index < -0.39 is 0 Å². The lowest BCUT2D eigenvalue weighted by atomic mass is 9.96. The second-order valence-electron chi connectivity index (χ2n) is 9.09. The van der Waals surface area contributed by atoms with E-state index in [1.54, 1.807) is 16.7 Å². The minimum absolute atomic E-state index is 0.0487. The minimum Gasteiger partial charge on any atom is -0.349 e. The highest BCUT2D eigenvalue weighted by Crippen LogP contribution is 2.27. The molecule has 0 aliphatic carbocycles. The van der Waals surface area contributed by atoms with Crippen LogP contribution in [0.3, 0.4) is 0 Å². The molecule has 1 fully saturated rings. The van der Waals surface area contributed by atoms with E-state index in [-0.39, 0.29) is 29.2 Å². The van der Waals surface area contributed by atoms with Gasteiger partial charge in [-0.3, -0.25) is 9.59 Å². The molecule has 1 aliphatic rings. The molecule has 6 nitrogen and oxygen atoms in total. The highest BCUT2D eigenvalue weighted by atomic mass is 32.1. The third-order valence-corrected chi connectivity index (χ3v) is 7.45. The Morgan fingerprint density at radius 3 is 2.63 bits per heavy atom. The molecule has 35 heavy (non-hydrogen) atoms. The highest BCUT2D eigenvalue weighted by Gasteiger charge is 2.30. The molecule has 1 saturated heterocycles. The van der Waals surface area contributed by atoms with Crippen LogP contribution >= 0.6 is 11.3 Å².